The second kappa shape index (κ2) is 10.4. The third kappa shape index (κ3) is 5.98. The Balaban J connectivity index is 1.44. The van der Waals surface area contributed by atoms with E-state index >= 15 is 0 Å². The molecule has 0 bridgehead atoms. The first-order valence-corrected chi connectivity index (χ1v) is 12.1. The molecule has 4 rings (SSSR count). The number of amides is 3. The van der Waals surface area contributed by atoms with Crippen molar-refractivity contribution >= 4 is 40.6 Å². The number of quaternary nitrogens is 1. The van der Waals surface area contributed by atoms with Crippen molar-refractivity contribution in [3.63, 3.8) is 0 Å². The third-order valence-corrected chi connectivity index (χ3v) is 7.19. The second-order valence-electron chi connectivity index (χ2n) is 8.83. The lowest BCUT2D eigenvalue weighted by molar-refractivity contribution is -0.912. The molecular formula is C22H30N5O5S+. The molecule has 2 fully saturated rings. The zero-order valence-electron chi connectivity index (χ0n) is 18.7. The molecule has 2 saturated heterocycles. The van der Waals surface area contributed by atoms with Crippen LogP contribution in [-0.2, 0) is 14.3 Å². The molecule has 0 spiro atoms. The first-order valence-electron chi connectivity index (χ1n) is 11.3. The summed E-state index contributed by atoms with van der Waals surface area (Å²) >= 11 is 1.31. The Morgan fingerprint density at radius 3 is 2.39 bits per heavy atom. The number of nitrogens with one attached hydrogen (secondary N) is 3. The molecule has 11 heteroatoms. The Hall–Kier alpha value is -2.76. The predicted octanol–water partition coefficient (Wildman–Crippen LogP) is 2.14. The molecule has 2 aromatic rings. The second-order valence-corrected chi connectivity index (χ2v) is 9.71. The number of hydrogen-bond donors (Lipinski definition) is 3. The average molecular weight is 477 g/mol. The van der Waals surface area contributed by atoms with Gasteiger partial charge in [0.25, 0.3) is 17.7 Å². The van der Waals surface area contributed by atoms with Crippen molar-refractivity contribution in [2.45, 2.75) is 38.6 Å². The van der Waals surface area contributed by atoms with Gasteiger partial charge in [0.15, 0.2) is 18.9 Å². The van der Waals surface area contributed by atoms with Gasteiger partial charge in [-0.05, 0) is 43.6 Å². The van der Waals surface area contributed by atoms with E-state index < -0.39 is 0 Å². The van der Waals surface area contributed by atoms with E-state index in [0.717, 1.165) is 44.3 Å². The van der Waals surface area contributed by atoms with E-state index in [4.69, 9.17) is 9.26 Å². The zero-order valence-corrected chi connectivity index (χ0v) is 19.5. The van der Waals surface area contributed by atoms with Gasteiger partial charge in [-0.3, -0.25) is 14.4 Å². The molecule has 0 aromatic carbocycles. The van der Waals surface area contributed by atoms with Crippen LogP contribution < -0.4 is 16.0 Å². The van der Waals surface area contributed by atoms with E-state index in [-0.39, 0.29) is 36.9 Å². The van der Waals surface area contributed by atoms with Crippen LogP contribution in [0.1, 0.15) is 40.9 Å². The lowest BCUT2D eigenvalue weighted by Crippen LogP contribution is -2.56. The topological polar surface area (TPSA) is 123 Å². The van der Waals surface area contributed by atoms with Crippen LogP contribution in [0.25, 0.3) is 0 Å². The molecule has 3 amide bonds. The quantitative estimate of drug-likeness (QED) is 0.502. The minimum atomic E-state index is -0.206. The van der Waals surface area contributed by atoms with Gasteiger partial charge in [-0.2, -0.15) is 0 Å². The van der Waals surface area contributed by atoms with Gasteiger partial charge in [0.05, 0.1) is 38.0 Å². The van der Waals surface area contributed by atoms with Gasteiger partial charge >= 0.3 is 0 Å². The number of ether oxygens (including phenoxy) is 1. The summed E-state index contributed by atoms with van der Waals surface area (Å²) in [5.74, 6) is -0.247. The highest BCUT2D eigenvalue weighted by Gasteiger charge is 2.35. The van der Waals surface area contributed by atoms with E-state index in [2.05, 4.69) is 21.1 Å². The van der Waals surface area contributed by atoms with Crippen molar-refractivity contribution in [2.75, 3.05) is 50.0 Å². The summed E-state index contributed by atoms with van der Waals surface area (Å²) in [6.45, 7) is 4.73. The molecule has 0 unspecified atom stereocenters. The number of thiophene rings is 1. The van der Waals surface area contributed by atoms with Crippen LogP contribution in [0.3, 0.4) is 0 Å². The molecule has 178 valence electrons. The fourth-order valence-electron chi connectivity index (χ4n) is 4.32. The van der Waals surface area contributed by atoms with Crippen LogP contribution in [0.4, 0.5) is 11.5 Å². The summed E-state index contributed by atoms with van der Waals surface area (Å²) in [4.78, 5) is 39.1. The minimum Gasteiger partial charge on any atom is -0.377 e. The third-order valence-electron chi connectivity index (χ3n) is 6.10. The van der Waals surface area contributed by atoms with Crippen molar-refractivity contribution in [3.8, 4) is 0 Å². The average Bonchev–Trinajstić information content (AvgIpc) is 3.31. The molecule has 0 radical (unpaired) electrons. The van der Waals surface area contributed by atoms with Gasteiger partial charge < -0.3 is 29.7 Å². The van der Waals surface area contributed by atoms with E-state index in [1.54, 1.807) is 6.07 Å². The van der Waals surface area contributed by atoms with Crippen molar-refractivity contribution in [1.82, 2.24) is 10.5 Å². The molecule has 0 aliphatic carbocycles. The van der Waals surface area contributed by atoms with E-state index in [1.807, 2.05) is 12.3 Å². The highest BCUT2D eigenvalue weighted by Crippen LogP contribution is 2.28. The number of rotatable bonds is 8. The number of hydrogen-bond acceptors (Lipinski definition) is 7. The lowest BCUT2D eigenvalue weighted by Gasteiger charge is -2.36. The maximum atomic E-state index is 13.2. The van der Waals surface area contributed by atoms with Crippen molar-refractivity contribution in [2.24, 2.45) is 0 Å². The Morgan fingerprint density at radius 2 is 1.79 bits per heavy atom. The Labute approximate surface area is 196 Å². The normalized spacial score (nSPS) is 18.1. The summed E-state index contributed by atoms with van der Waals surface area (Å²) in [5, 5.41) is 14.2. The maximum absolute atomic E-state index is 13.2. The summed E-state index contributed by atoms with van der Waals surface area (Å²) in [5.41, 5.74) is 1.39. The molecule has 33 heavy (non-hydrogen) atoms. The number of nitrogens with zero attached hydrogens (tertiary/aromatic N) is 2. The zero-order chi connectivity index (χ0) is 23.3. The maximum Gasteiger partial charge on any atom is 0.280 e. The van der Waals surface area contributed by atoms with Crippen LogP contribution in [0.2, 0.25) is 0 Å². The molecule has 2 aromatic heterocycles. The molecule has 3 N–H and O–H groups in total. The summed E-state index contributed by atoms with van der Waals surface area (Å²) < 4.78 is 10.3. The van der Waals surface area contributed by atoms with Gasteiger partial charge in [0.1, 0.15) is 11.1 Å². The number of aryl methyl sites for hydroxylation is 1. The fraction of sp³-hybridized carbons (Fsp3) is 0.545. The van der Waals surface area contributed by atoms with E-state index in [0.29, 0.717) is 34.1 Å². The summed E-state index contributed by atoms with van der Waals surface area (Å²) in [7, 11) is 0. The largest absolute Gasteiger partial charge is 0.377 e. The van der Waals surface area contributed by atoms with Gasteiger partial charge in [0.2, 0.25) is 0 Å². The highest BCUT2D eigenvalue weighted by molar-refractivity contribution is 7.13. The first-order chi connectivity index (χ1) is 15.9. The fourth-order valence-corrected chi connectivity index (χ4v) is 5.22. The van der Waals surface area contributed by atoms with Gasteiger partial charge in [-0.1, -0.05) is 5.16 Å². The molecule has 4 heterocycles. The SMILES string of the molecule is Cc1csc(C(=O)NC2COC2)c1NC(=O)C[N+]1(CC(=O)Nc2ccon2)CCCCCC1. The van der Waals surface area contributed by atoms with Gasteiger partial charge in [-0.15, -0.1) is 11.3 Å². The van der Waals surface area contributed by atoms with E-state index in [9.17, 15) is 14.4 Å². The Kier molecular flexibility index (Phi) is 7.41. The monoisotopic (exact) mass is 476 g/mol. The number of anilines is 2. The van der Waals surface area contributed by atoms with Crippen molar-refractivity contribution in [3.05, 3.63) is 28.2 Å². The summed E-state index contributed by atoms with van der Waals surface area (Å²) in [6, 6.07) is 1.59. The van der Waals surface area contributed by atoms with Crippen LogP contribution in [0, 0.1) is 6.92 Å². The molecule has 10 nitrogen and oxygen atoms in total. The number of likely N-dealkylation sites (tertiary alicyclic amines) is 1. The van der Waals surface area contributed by atoms with Gasteiger partial charge in [-0.25, -0.2) is 0 Å². The van der Waals surface area contributed by atoms with Gasteiger partial charge in [0, 0.05) is 6.07 Å². The highest BCUT2D eigenvalue weighted by atomic mass is 32.1. The van der Waals surface area contributed by atoms with Crippen molar-refractivity contribution < 1.29 is 28.1 Å². The number of aromatic nitrogens is 1. The number of carbonyl (C=O) groups excluding carboxylic acids is 3. The predicted molar refractivity (Wildman–Crippen MR) is 123 cm³/mol. The molecular weight excluding hydrogens is 446 g/mol. The lowest BCUT2D eigenvalue weighted by atomic mass is 10.2. The first kappa shape index (κ1) is 23.4. The van der Waals surface area contributed by atoms with Crippen LogP contribution >= 0.6 is 11.3 Å². The smallest absolute Gasteiger partial charge is 0.280 e. The van der Waals surface area contributed by atoms with Crippen LogP contribution in [0.5, 0.6) is 0 Å². The Morgan fingerprint density at radius 1 is 1.09 bits per heavy atom. The van der Waals surface area contributed by atoms with Crippen LogP contribution in [-0.4, -0.2) is 72.8 Å². The number of carbonyl (C=O) groups is 3. The Bertz CT molecular complexity index is 977. The van der Waals surface area contributed by atoms with E-state index in [1.165, 1.54) is 17.6 Å². The molecule has 0 atom stereocenters. The van der Waals surface area contributed by atoms with Crippen molar-refractivity contribution in [1.29, 1.82) is 0 Å². The summed E-state index contributed by atoms with van der Waals surface area (Å²) in [6.07, 6.45) is 5.49. The minimum absolute atomic E-state index is 0.0117. The standard InChI is InChI=1S/C22H29N5O5S/c1-15-14-33-21(22(30)23-16-12-31-13-16)20(15)25-19(29)11-27(7-4-2-3-5-8-27)10-18(28)24-17-6-9-32-26-17/h6,9,14,16H,2-5,7-8,10-13H2,1H3,(H2-,23,24,25,26,28,29,30)/p+1. The van der Waals surface area contributed by atoms with Crippen LogP contribution in [0.15, 0.2) is 22.2 Å². The molecule has 0 saturated carbocycles. The molecule has 2 aliphatic rings. The molecule has 2 aliphatic heterocycles.